The summed E-state index contributed by atoms with van der Waals surface area (Å²) >= 11 is 1.58. The normalized spacial score (nSPS) is 17.1. The van der Waals surface area contributed by atoms with Gasteiger partial charge < -0.3 is 10.6 Å². The van der Waals surface area contributed by atoms with Gasteiger partial charge in [-0.3, -0.25) is 4.79 Å². The van der Waals surface area contributed by atoms with Crippen molar-refractivity contribution < 1.29 is 6.22 Å². The number of nitrogens with two attached hydrogens (primary N) is 1. The molecule has 5 nitrogen and oxygen atoms in total. The number of nitrogen functional groups attached to an aromatic ring is 1. The van der Waals surface area contributed by atoms with Crippen LogP contribution in [-0.4, -0.2) is 28.8 Å². The summed E-state index contributed by atoms with van der Waals surface area (Å²) in [4.78, 5) is 24.8. The van der Waals surface area contributed by atoms with E-state index < -0.39 is 0 Å². The molecule has 1 saturated heterocycles. The van der Waals surface area contributed by atoms with Crippen LogP contribution < -0.4 is 10.6 Å². The van der Waals surface area contributed by atoms with Crippen LogP contribution in [0.2, 0.25) is 0 Å². The number of ketones is 1. The number of thiazole rings is 1. The molecule has 2 N–H and O–H groups in total. The number of hydrogen-bond donors (Lipinski definition) is 1. The second-order valence-electron chi connectivity index (χ2n) is 6.86. The third-order valence-corrected chi connectivity index (χ3v) is 6.08. The highest BCUT2D eigenvalue weighted by Gasteiger charge is 2.26. The summed E-state index contributed by atoms with van der Waals surface area (Å²) in [7, 11) is 0. The van der Waals surface area contributed by atoms with Gasteiger partial charge in [-0.15, -0.1) is 11.3 Å². The number of carbonyl (C=O) groups excluding carboxylic acids is 1. The molecule has 3 heterocycles. The van der Waals surface area contributed by atoms with E-state index in [2.05, 4.69) is 40.2 Å². The first-order valence-electron chi connectivity index (χ1n) is 9.16. The van der Waals surface area contributed by atoms with Gasteiger partial charge in [0.25, 0.3) is 0 Å². The highest BCUT2D eigenvalue weighted by atomic mass is 32.1. The van der Waals surface area contributed by atoms with Gasteiger partial charge in [-0.2, -0.15) is 0 Å². The van der Waals surface area contributed by atoms with Crippen LogP contribution in [0.25, 0.3) is 0 Å². The maximum absolute atomic E-state index is 12.9. The third kappa shape index (κ3) is 3.57. The minimum atomic E-state index is -0.155. The van der Waals surface area contributed by atoms with Crippen molar-refractivity contribution in [2.24, 2.45) is 0 Å². The standard InChI is InChI=1S/C21H22N4OS.H2/c1-14-18(19(26)17-10-5-11-23-20(17)22)24-21(27-14)25-12-6-9-16(13-25)15-7-3-2-4-8-15;/h2-5,7-8,10-11,16H,6,9,12-13H2,1H3,(H2,22,23);1H. The van der Waals surface area contributed by atoms with Crippen LogP contribution in [0.15, 0.2) is 48.7 Å². The van der Waals surface area contributed by atoms with E-state index in [4.69, 9.17) is 10.7 Å². The van der Waals surface area contributed by atoms with Crippen molar-refractivity contribution in [2.45, 2.75) is 25.7 Å². The van der Waals surface area contributed by atoms with Crippen molar-refractivity contribution in [1.29, 1.82) is 0 Å². The Labute approximate surface area is 164 Å². The largest absolute Gasteiger partial charge is 0.383 e. The lowest BCUT2D eigenvalue weighted by molar-refractivity contribution is 0.103. The number of aryl methyl sites for hydroxylation is 1. The highest BCUT2D eigenvalue weighted by molar-refractivity contribution is 7.15. The Morgan fingerprint density at radius 2 is 2.07 bits per heavy atom. The van der Waals surface area contributed by atoms with Gasteiger partial charge in [0.1, 0.15) is 11.5 Å². The number of pyridine rings is 1. The van der Waals surface area contributed by atoms with E-state index in [1.165, 1.54) is 12.0 Å². The Balaban J connectivity index is 0.00000225. The molecule has 1 atom stereocenters. The number of nitrogens with zero attached hydrogens (tertiary/aromatic N) is 3. The molecule has 140 valence electrons. The average molecular weight is 381 g/mol. The van der Waals surface area contributed by atoms with E-state index in [1.807, 2.05) is 6.92 Å². The molecule has 0 bridgehead atoms. The predicted octanol–water partition coefficient (Wildman–Crippen LogP) is 4.29. The molecule has 0 spiro atoms. The van der Waals surface area contributed by atoms with Gasteiger partial charge in [-0.1, -0.05) is 30.3 Å². The van der Waals surface area contributed by atoms with Crippen molar-refractivity contribution in [1.82, 2.24) is 9.97 Å². The summed E-state index contributed by atoms with van der Waals surface area (Å²) in [6.45, 7) is 3.85. The van der Waals surface area contributed by atoms with E-state index in [1.54, 1.807) is 29.7 Å². The van der Waals surface area contributed by atoms with E-state index in [-0.39, 0.29) is 13.0 Å². The maximum atomic E-state index is 12.9. The minimum Gasteiger partial charge on any atom is -0.383 e. The number of rotatable bonds is 4. The zero-order valence-corrected chi connectivity index (χ0v) is 16.1. The molecule has 1 unspecified atom stereocenters. The zero-order valence-electron chi connectivity index (χ0n) is 15.3. The molecule has 1 aromatic carbocycles. The zero-order chi connectivity index (χ0) is 18.8. The number of carbonyl (C=O) groups is 1. The number of hydrogen-bond acceptors (Lipinski definition) is 6. The van der Waals surface area contributed by atoms with Crippen LogP contribution in [0.3, 0.4) is 0 Å². The summed E-state index contributed by atoms with van der Waals surface area (Å²) in [5.41, 5.74) is 8.14. The lowest BCUT2D eigenvalue weighted by Crippen LogP contribution is -2.34. The van der Waals surface area contributed by atoms with Crippen molar-refractivity contribution >= 4 is 28.1 Å². The fraction of sp³-hybridized carbons (Fsp3) is 0.286. The molecule has 1 aliphatic rings. The van der Waals surface area contributed by atoms with E-state index >= 15 is 0 Å². The second-order valence-corrected chi connectivity index (χ2v) is 8.04. The monoisotopic (exact) mass is 380 g/mol. The predicted molar refractivity (Wildman–Crippen MR) is 112 cm³/mol. The fourth-order valence-corrected chi connectivity index (χ4v) is 4.55. The maximum Gasteiger partial charge on any atom is 0.216 e. The topological polar surface area (TPSA) is 72.1 Å². The van der Waals surface area contributed by atoms with Crippen LogP contribution in [-0.2, 0) is 0 Å². The molecule has 27 heavy (non-hydrogen) atoms. The Hall–Kier alpha value is -2.73. The first-order valence-corrected chi connectivity index (χ1v) is 9.97. The Morgan fingerprint density at radius 3 is 2.85 bits per heavy atom. The SMILES string of the molecule is Cc1sc(N2CCCC(c3ccccc3)C2)nc1C(=O)c1cccnc1N.[HH]. The van der Waals surface area contributed by atoms with Crippen molar-refractivity contribution in [2.75, 3.05) is 23.7 Å². The van der Waals surface area contributed by atoms with Gasteiger partial charge in [-0.25, -0.2) is 9.97 Å². The fourth-order valence-electron chi connectivity index (χ4n) is 3.61. The number of anilines is 2. The highest BCUT2D eigenvalue weighted by Crippen LogP contribution is 2.34. The first-order chi connectivity index (χ1) is 13.1. The lowest BCUT2D eigenvalue weighted by atomic mass is 9.91. The minimum absolute atomic E-state index is 0. The van der Waals surface area contributed by atoms with Crippen molar-refractivity contribution in [3.63, 3.8) is 0 Å². The summed E-state index contributed by atoms with van der Waals surface area (Å²) < 4.78 is 0. The van der Waals surface area contributed by atoms with Crippen LogP contribution >= 0.6 is 11.3 Å². The average Bonchev–Trinajstić information content (AvgIpc) is 3.10. The molecule has 3 aromatic rings. The molecule has 1 fully saturated rings. The van der Waals surface area contributed by atoms with Gasteiger partial charge in [-0.05, 0) is 37.5 Å². The third-order valence-electron chi connectivity index (χ3n) is 5.05. The number of piperidine rings is 1. The Bertz CT molecular complexity index is 960. The van der Waals surface area contributed by atoms with Crippen LogP contribution in [0.5, 0.6) is 0 Å². The Kier molecular flexibility index (Phi) is 4.90. The Morgan fingerprint density at radius 1 is 1.26 bits per heavy atom. The first kappa shape index (κ1) is 17.7. The van der Waals surface area contributed by atoms with Crippen molar-refractivity contribution in [3.05, 3.63) is 70.4 Å². The quantitative estimate of drug-likeness (QED) is 0.684. The molecule has 1 aliphatic heterocycles. The molecule has 4 rings (SSSR count). The molecule has 2 aromatic heterocycles. The summed E-state index contributed by atoms with van der Waals surface area (Å²) in [6.07, 6.45) is 3.89. The van der Waals surface area contributed by atoms with Crippen molar-refractivity contribution in [3.8, 4) is 0 Å². The van der Waals surface area contributed by atoms with E-state index in [9.17, 15) is 4.79 Å². The van der Waals surface area contributed by atoms with Gasteiger partial charge in [0, 0.05) is 31.5 Å². The van der Waals surface area contributed by atoms with Crippen LogP contribution in [0.1, 0.15) is 46.7 Å². The summed E-state index contributed by atoms with van der Waals surface area (Å²) in [6, 6.07) is 14.1. The smallest absolute Gasteiger partial charge is 0.216 e. The molecule has 0 aliphatic carbocycles. The molecular formula is C21H24N4OS. The van der Waals surface area contributed by atoms with Crippen LogP contribution in [0.4, 0.5) is 10.9 Å². The molecule has 6 heteroatoms. The summed E-state index contributed by atoms with van der Waals surface area (Å²) in [5.74, 6) is 0.591. The molecule has 0 radical (unpaired) electrons. The summed E-state index contributed by atoms with van der Waals surface area (Å²) in [5, 5.41) is 0.916. The number of aromatic nitrogens is 2. The second kappa shape index (κ2) is 7.48. The molecule has 0 saturated carbocycles. The molecule has 0 amide bonds. The van der Waals surface area contributed by atoms with E-state index in [0.29, 0.717) is 17.2 Å². The van der Waals surface area contributed by atoms with Gasteiger partial charge in [0.2, 0.25) is 5.78 Å². The van der Waals surface area contributed by atoms with Crippen LogP contribution in [0, 0.1) is 6.92 Å². The number of benzene rings is 1. The van der Waals surface area contributed by atoms with Gasteiger partial charge in [0.05, 0.1) is 5.56 Å². The molecular weight excluding hydrogens is 356 g/mol. The van der Waals surface area contributed by atoms with Gasteiger partial charge in [0.15, 0.2) is 5.13 Å². The van der Waals surface area contributed by atoms with E-state index in [0.717, 1.165) is 29.5 Å². The van der Waals surface area contributed by atoms with Gasteiger partial charge >= 0.3 is 0 Å². The lowest BCUT2D eigenvalue weighted by Gasteiger charge is -2.32.